The minimum Gasteiger partial charge on any atom is -0.444 e. The average Bonchev–Trinajstić information content (AvgIpc) is 2.90. The minimum absolute atomic E-state index is 0.114. The van der Waals surface area contributed by atoms with Crippen LogP contribution in [-0.2, 0) is 4.74 Å². The number of hydrogen-bond acceptors (Lipinski definition) is 4. The van der Waals surface area contributed by atoms with E-state index >= 15 is 0 Å². The first kappa shape index (κ1) is 12.0. The SMILES string of the molecule is Cc1nc2ccc(N3CC(CCN)OC3=O)cc2[nH]1. The van der Waals surface area contributed by atoms with Crippen molar-refractivity contribution in [3.8, 4) is 0 Å². The predicted molar refractivity (Wildman–Crippen MR) is 72.1 cm³/mol. The molecule has 0 saturated carbocycles. The van der Waals surface area contributed by atoms with Gasteiger partial charge in [-0.15, -0.1) is 0 Å². The van der Waals surface area contributed by atoms with Crippen LogP contribution in [0.4, 0.5) is 10.5 Å². The number of anilines is 1. The van der Waals surface area contributed by atoms with Crippen LogP contribution in [0, 0.1) is 6.92 Å². The number of hydrogen-bond donors (Lipinski definition) is 2. The van der Waals surface area contributed by atoms with Crippen LogP contribution in [0.15, 0.2) is 18.2 Å². The highest BCUT2D eigenvalue weighted by atomic mass is 16.6. The fraction of sp³-hybridized carbons (Fsp3) is 0.385. The van der Waals surface area contributed by atoms with E-state index in [0.29, 0.717) is 19.5 Å². The van der Waals surface area contributed by atoms with E-state index in [1.54, 1.807) is 4.90 Å². The van der Waals surface area contributed by atoms with Crippen molar-refractivity contribution >= 4 is 22.8 Å². The van der Waals surface area contributed by atoms with Crippen molar-refractivity contribution in [2.75, 3.05) is 18.0 Å². The summed E-state index contributed by atoms with van der Waals surface area (Å²) >= 11 is 0. The van der Waals surface area contributed by atoms with Gasteiger partial charge in [0.05, 0.1) is 17.6 Å². The molecule has 0 bridgehead atoms. The van der Waals surface area contributed by atoms with Crippen LogP contribution in [0.2, 0.25) is 0 Å². The number of aryl methyl sites for hydroxylation is 1. The van der Waals surface area contributed by atoms with Crippen LogP contribution in [-0.4, -0.2) is 35.3 Å². The summed E-state index contributed by atoms with van der Waals surface area (Å²) in [6, 6.07) is 5.70. The lowest BCUT2D eigenvalue weighted by atomic mass is 10.2. The summed E-state index contributed by atoms with van der Waals surface area (Å²) in [5, 5.41) is 0. The molecule has 1 aromatic heterocycles. The van der Waals surface area contributed by atoms with Crippen LogP contribution in [0.1, 0.15) is 12.2 Å². The molecule has 100 valence electrons. The van der Waals surface area contributed by atoms with Gasteiger partial charge in [0.1, 0.15) is 11.9 Å². The normalized spacial score (nSPS) is 19.2. The Kier molecular flexibility index (Phi) is 2.87. The van der Waals surface area contributed by atoms with Gasteiger partial charge in [-0.1, -0.05) is 0 Å². The topological polar surface area (TPSA) is 84.2 Å². The largest absolute Gasteiger partial charge is 0.444 e. The number of ether oxygens (including phenoxy) is 1. The smallest absolute Gasteiger partial charge is 0.414 e. The van der Waals surface area contributed by atoms with Gasteiger partial charge in [0.2, 0.25) is 0 Å². The van der Waals surface area contributed by atoms with Gasteiger partial charge >= 0.3 is 6.09 Å². The first-order valence-corrected chi connectivity index (χ1v) is 6.32. The van der Waals surface area contributed by atoms with E-state index in [0.717, 1.165) is 22.5 Å². The van der Waals surface area contributed by atoms with Crippen molar-refractivity contribution in [3.63, 3.8) is 0 Å². The third kappa shape index (κ3) is 2.15. The molecule has 19 heavy (non-hydrogen) atoms. The molecule has 3 N–H and O–H groups in total. The van der Waals surface area contributed by atoms with E-state index in [-0.39, 0.29) is 12.2 Å². The number of fused-ring (bicyclic) bond motifs is 1. The van der Waals surface area contributed by atoms with E-state index in [4.69, 9.17) is 10.5 Å². The number of cyclic esters (lactones) is 1. The zero-order valence-corrected chi connectivity index (χ0v) is 10.7. The van der Waals surface area contributed by atoms with Crippen molar-refractivity contribution in [1.29, 1.82) is 0 Å². The number of carbonyl (C=O) groups excluding carboxylic acids is 1. The molecule has 1 aromatic carbocycles. The fourth-order valence-corrected chi connectivity index (χ4v) is 2.36. The molecule has 0 radical (unpaired) electrons. The number of nitrogens with two attached hydrogens (primary N) is 1. The van der Waals surface area contributed by atoms with Gasteiger partial charge in [0.25, 0.3) is 0 Å². The van der Waals surface area contributed by atoms with Crippen LogP contribution in [0.5, 0.6) is 0 Å². The highest BCUT2D eigenvalue weighted by molar-refractivity contribution is 5.92. The van der Waals surface area contributed by atoms with Gasteiger partial charge in [0, 0.05) is 5.69 Å². The Balaban J connectivity index is 1.89. The molecular formula is C13H16N4O2. The number of carbonyl (C=O) groups is 1. The summed E-state index contributed by atoms with van der Waals surface area (Å²) in [6.07, 6.45) is 0.263. The number of H-pyrrole nitrogens is 1. The van der Waals surface area contributed by atoms with Crippen LogP contribution < -0.4 is 10.6 Å². The van der Waals surface area contributed by atoms with Crippen molar-refractivity contribution in [2.24, 2.45) is 5.73 Å². The number of benzene rings is 1. The fourth-order valence-electron chi connectivity index (χ4n) is 2.36. The van der Waals surface area contributed by atoms with Gasteiger partial charge in [-0.2, -0.15) is 0 Å². The second kappa shape index (κ2) is 4.55. The minimum atomic E-state index is -0.311. The highest BCUT2D eigenvalue weighted by Gasteiger charge is 2.31. The molecule has 3 rings (SSSR count). The Bertz CT molecular complexity index is 622. The Labute approximate surface area is 110 Å². The molecule has 6 nitrogen and oxygen atoms in total. The monoisotopic (exact) mass is 260 g/mol. The standard InChI is InChI=1S/C13H16N4O2/c1-8-15-11-3-2-9(6-12(11)16-8)17-7-10(4-5-14)19-13(17)18/h2-3,6,10H,4-5,7,14H2,1H3,(H,15,16). The molecule has 1 saturated heterocycles. The van der Waals surface area contributed by atoms with E-state index in [2.05, 4.69) is 9.97 Å². The van der Waals surface area contributed by atoms with Crippen molar-refractivity contribution < 1.29 is 9.53 Å². The molecule has 1 aliphatic rings. The van der Waals surface area contributed by atoms with E-state index in [9.17, 15) is 4.79 Å². The molecule has 1 amide bonds. The number of rotatable bonds is 3. The van der Waals surface area contributed by atoms with Crippen LogP contribution in [0.25, 0.3) is 11.0 Å². The van der Waals surface area contributed by atoms with Crippen molar-refractivity contribution in [1.82, 2.24) is 9.97 Å². The highest BCUT2D eigenvalue weighted by Crippen LogP contribution is 2.25. The summed E-state index contributed by atoms with van der Waals surface area (Å²) in [5.41, 5.74) is 8.13. The molecule has 1 atom stereocenters. The first-order chi connectivity index (χ1) is 9.17. The second-order valence-corrected chi connectivity index (χ2v) is 4.72. The molecule has 6 heteroatoms. The quantitative estimate of drug-likeness (QED) is 0.876. The summed E-state index contributed by atoms with van der Waals surface area (Å²) in [6.45, 7) is 2.97. The summed E-state index contributed by atoms with van der Waals surface area (Å²) in [4.78, 5) is 21.0. The lowest BCUT2D eigenvalue weighted by molar-refractivity contribution is 0.138. The van der Waals surface area contributed by atoms with Gasteiger partial charge in [0.15, 0.2) is 0 Å². The van der Waals surface area contributed by atoms with E-state index < -0.39 is 0 Å². The third-order valence-electron chi connectivity index (χ3n) is 3.26. The van der Waals surface area contributed by atoms with Crippen LogP contribution >= 0.6 is 0 Å². The van der Waals surface area contributed by atoms with E-state index in [1.165, 1.54) is 0 Å². The Morgan fingerprint density at radius 3 is 3.21 bits per heavy atom. The molecule has 0 spiro atoms. The molecule has 2 heterocycles. The van der Waals surface area contributed by atoms with Crippen LogP contribution in [0.3, 0.4) is 0 Å². The maximum Gasteiger partial charge on any atom is 0.414 e. The maximum atomic E-state index is 11.8. The number of nitrogens with one attached hydrogen (secondary N) is 1. The Morgan fingerprint density at radius 2 is 2.42 bits per heavy atom. The average molecular weight is 260 g/mol. The number of nitrogens with zero attached hydrogens (tertiary/aromatic N) is 2. The van der Waals surface area contributed by atoms with Gasteiger partial charge in [-0.3, -0.25) is 4.90 Å². The lowest BCUT2D eigenvalue weighted by Gasteiger charge is -2.12. The third-order valence-corrected chi connectivity index (χ3v) is 3.26. The Hall–Kier alpha value is -2.08. The van der Waals surface area contributed by atoms with Gasteiger partial charge in [-0.05, 0) is 38.1 Å². The van der Waals surface area contributed by atoms with Gasteiger partial charge in [-0.25, -0.2) is 9.78 Å². The van der Waals surface area contributed by atoms with Crippen molar-refractivity contribution in [2.45, 2.75) is 19.4 Å². The number of aromatic amines is 1. The lowest BCUT2D eigenvalue weighted by Crippen LogP contribution is -2.25. The Morgan fingerprint density at radius 1 is 1.58 bits per heavy atom. The zero-order valence-electron chi connectivity index (χ0n) is 10.7. The number of amides is 1. The molecule has 1 unspecified atom stereocenters. The summed E-state index contributed by atoms with van der Waals surface area (Å²) in [7, 11) is 0. The number of aromatic nitrogens is 2. The predicted octanol–water partition coefficient (Wildman–Crippen LogP) is 1.55. The summed E-state index contributed by atoms with van der Waals surface area (Å²) in [5.74, 6) is 0.858. The second-order valence-electron chi connectivity index (χ2n) is 4.72. The molecule has 2 aromatic rings. The van der Waals surface area contributed by atoms with Gasteiger partial charge < -0.3 is 15.5 Å². The number of imidazole rings is 1. The zero-order chi connectivity index (χ0) is 13.4. The molecule has 1 fully saturated rings. The van der Waals surface area contributed by atoms with Crippen molar-refractivity contribution in [3.05, 3.63) is 24.0 Å². The molecular weight excluding hydrogens is 244 g/mol. The first-order valence-electron chi connectivity index (χ1n) is 6.32. The molecule has 1 aliphatic heterocycles. The maximum absolute atomic E-state index is 11.8. The summed E-state index contributed by atoms with van der Waals surface area (Å²) < 4.78 is 5.27. The molecule has 0 aliphatic carbocycles. The van der Waals surface area contributed by atoms with E-state index in [1.807, 2.05) is 25.1 Å².